The van der Waals surface area contributed by atoms with Gasteiger partial charge in [-0.25, -0.2) is 13.4 Å². The number of nitrogens with zero attached hydrogens (tertiary/aromatic N) is 2. The lowest BCUT2D eigenvalue weighted by atomic mass is 9.87. The van der Waals surface area contributed by atoms with Gasteiger partial charge in [-0.15, -0.1) is 0 Å². The molecule has 0 bridgehead atoms. The number of aryl methyl sites for hydroxylation is 1. The van der Waals surface area contributed by atoms with Crippen molar-refractivity contribution in [2.24, 2.45) is 0 Å². The molecule has 3 aromatic rings. The molecule has 1 aliphatic rings. The number of benzene rings is 2. The van der Waals surface area contributed by atoms with E-state index in [9.17, 15) is 8.42 Å². The Balaban J connectivity index is 1.41. The average Bonchev–Trinajstić information content (AvgIpc) is 3.12. The lowest BCUT2D eigenvalue weighted by molar-refractivity contribution is 0.135. The van der Waals surface area contributed by atoms with E-state index < -0.39 is 10.0 Å². The summed E-state index contributed by atoms with van der Waals surface area (Å²) in [5.74, 6) is 0. The Hall–Kier alpha value is -1.96. The number of piperidine rings is 1. The van der Waals surface area contributed by atoms with Gasteiger partial charge in [0.2, 0.25) is 10.0 Å². The lowest BCUT2D eigenvalue weighted by Gasteiger charge is -2.31. The summed E-state index contributed by atoms with van der Waals surface area (Å²) in [6, 6.07) is 13.4. The van der Waals surface area contributed by atoms with Crippen molar-refractivity contribution in [3.05, 3.63) is 53.6 Å². The van der Waals surface area contributed by atoms with Crippen molar-refractivity contribution in [2.75, 3.05) is 13.1 Å². The largest absolute Gasteiger partial charge is 0.467 e. The molecule has 0 N–H and O–H groups in total. The molecule has 1 aliphatic heterocycles. The van der Waals surface area contributed by atoms with Crippen LogP contribution in [0.5, 0.6) is 5.19 Å². The quantitative estimate of drug-likeness (QED) is 0.559. The zero-order valence-electron chi connectivity index (χ0n) is 17.9. The number of thiazole rings is 1. The zero-order valence-corrected chi connectivity index (χ0v) is 19.5. The second kappa shape index (κ2) is 7.94. The van der Waals surface area contributed by atoms with Crippen LogP contribution in [-0.2, 0) is 15.4 Å². The molecule has 0 radical (unpaired) electrons. The topological polar surface area (TPSA) is 59.5 Å². The van der Waals surface area contributed by atoms with Gasteiger partial charge in [-0.3, -0.25) is 0 Å². The average molecular weight is 445 g/mol. The second-order valence-corrected chi connectivity index (χ2v) is 11.8. The van der Waals surface area contributed by atoms with Crippen molar-refractivity contribution in [1.29, 1.82) is 0 Å². The molecule has 30 heavy (non-hydrogen) atoms. The first kappa shape index (κ1) is 21.3. The van der Waals surface area contributed by atoms with E-state index in [-0.39, 0.29) is 11.5 Å². The van der Waals surface area contributed by atoms with Crippen LogP contribution in [0.25, 0.3) is 10.2 Å². The van der Waals surface area contributed by atoms with Gasteiger partial charge in [-0.05, 0) is 54.5 Å². The summed E-state index contributed by atoms with van der Waals surface area (Å²) in [7, 11) is -3.48. The van der Waals surface area contributed by atoms with Gasteiger partial charge in [0.15, 0.2) is 0 Å². The van der Waals surface area contributed by atoms with Crippen LogP contribution in [0.15, 0.2) is 47.4 Å². The first-order valence-corrected chi connectivity index (χ1v) is 12.5. The highest BCUT2D eigenvalue weighted by Gasteiger charge is 2.31. The molecule has 0 amide bonds. The molecule has 0 saturated carbocycles. The molecule has 0 atom stereocenters. The minimum atomic E-state index is -3.48. The summed E-state index contributed by atoms with van der Waals surface area (Å²) in [6.07, 6.45) is 1.31. The third kappa shape index (κ3) is 4.24. The minimum absolute atomic E-state index is 0.00283. The highest BCUT2D eigenvalue weighted by atomic mass is 32.2. The summed E-state index contributed by atoms with van der Waals surface area (Å²) < 4.78 is 34.9. The Morgan fingerprint density at radius 2 is 1.73 bits per heavy atom. The van der Waals surface area contributed by atoms with Gasteiger partial charge in [0, 0.05) is 13.1 Å². The van der Waals surface area contributed by atoms with Gasteiger partial charge < -0.3 is 4.74 Å². The first-order valence-electron chi connectivity index (χ1n) is 10.3. The maximum Gasteiger partial charge on any atom is 0.274 e. The fourth-order valence-electron chi connectivity index (χ4n) is 3.73. The van der Waals surface area contributed by atoms with Gasteiger partial charge in [-0.1, -0.05) is 56.4 Å². The number of ether oxygens (including phenoxy) is 1. The van der Waals surface area contributed by atoms with Crippen molar-refractivity contribution in [3.8, 4) is 5.19 Å². The Labute approximate surface area is 182 Å². The standard InChI is InChI=1S/C23H28N2O3S2/c1-16-6-5-7-20-21(16)24-22(29-20)28-18-12-14-25(15-13-18)30(26,27)19-10-8-17(9-11-19)23(2,3)4/h5-11,18H,12-15H2,1-4H3. The van der Waals surface area contributed by atoms with Crippen molar-refractivity contribution in [3.63, 3.8) is 0 Å². The van der Waals surface area contributed by atoms with Crippen LogP contribution in [0.1, 0.15) is 44.7 Å². The Morgan fingerprint density at radius 3 is 2.33 bits per heavy atom. The van der Waals surface area contributed by atoms with Crippen molar-refractivity contribution in [1.82, 2.24) is 9.29 Å². The molecule has 2 heterocycles. The predicted octanol–water partition coefficient (Wildman–Crippen LogP) is 5.13. The van der Waals surface area contributed by atoms with Gasteiger partial charge >= 0.3 is 0 Å². The number of aromatic nitrogens is 1. The fourth-order valence-corrected chi connectivity index (χ4v) is 6.15. The maximum atomic E-state index is 13.0. The van der Waals surface area contributed by atoms with Gasteiger partial charge in [-0.2, -0.15) is 4.31 Å². The molecule has 4 rings (SSSR count). The van der Waals surface area contributed by atoms with Crippen molar-refractivity contribution < 1.29 is 13.2 Å². The number of rotatable bonds is 4. The molecule has 0 spiro atoms. The summed E-state index contributed by atoms with van der Waals surface area (Å²) in [4.78, 5) is 4.97. The van der Waals surface area contributed by atoms with E-state index in [4.69, 9.17) is 4.74 Å². The molecule has 160 valence electrons. The second-order valence-electron chi connectivity index (χ2n) is 8.90. The smallest absolute Gasteiger partial charge is 0.274 e. The number of fused-ring (bicyclic) bond motifs is 1. The molecule has 1 fully saturated rings. The van der Waals surface area contributed by atoms with Gasteiger partial charge in [0.1, 0.15) is 6.10 Å². The van der Waals surface area contributed by atoms with Crippen LogP contribution < -0.4 is 4.74 Å². The molecular weight excluding hydrogens is 416 g/mol. The number of sulfonamides is 1. The first-order chi connectivity index (χ1) is 14.1. The van der Waals surface area contributed by atoms with E-state index in [1.54, 1.807) is 27.8 Å². The lowest BCUT2D eigenvalue weighted by Crippen LogP contribution is -2.41. The zero-order chi connectivity index (χ0) is 21.5. The Kier molecular flexibility index (Phi) is 5.64. The van der Waals surface area contributed by atoms with Crippen LogP contribution in [0.3, 0.4) is 0 Å². The molecule has 5 nitrogen and oxygen atoms in total. The maximum absolute atomic E-state index is 13.0. The summed E-state index contributed by atoms with van der Waals surface area (Å²) in [6.45, 7) is 9.31. The van der Waals surface area contributed by atoms with Crippen LogP contribution in [0, 0.1) is 6.92 Å². The van der Waals surface area contributed by atoms with E-state index in [0.717, 1.165) is 21.3 Å². The molecule has 0 aliphatic carbocycles. The van der Waals surface area contributed by atoms with Gasteiger partial charge in [0.25, 0.3) is 5.19 Å². The van der Waals surface area contributed by atoms with E-state index in [2.05, 4.69) is 25.8 Å². The predicted molar refractivity (Wildman–Crippen MR) is 122 cm³/mol. The molecule has 2 aromatic carbocycles. The van der Waals surface area contributed by atoms with Crippen molar-refractivity contribution in [2.45, 2.75) is 57.0 Å². The Bertz CT molecular complexity index is 1140. The summed E-state index contributed by atoms with van der Waals surface area (Å²) in [5.41, 5.74) is 3.24. The number of hydrogen-bond donors (Lipinski definition) is 0. The molecule has 7 heteroatoms. The van der Waals surface area contributed by atoms with E-state index in [0.29, 0.717) is 36.0 Å². The third-order valence-corrected chi connectivity index (χ3v) is 8.45. The van der Waals surface area contributed by atoms with Crippen molar-refractivity contribution >= 4 is 31.6 Å². The molecule has 0 unspecified atom stereocenters. The Morgan fingerprint density at radius 1 is 1.07 bits per heavy atom. The fraction of sp³-hybridized carbons (Fsp3) is 0.435. The van der Waals surface area contributed by atoms with Gasteiger partial charge in [0.05, 0.1) is 15.1 Å². The van der Waals surface area contributed by atoms with E-state index >= 15 is 0 Å². The molecule has 1 aromatic heterocycles. The summed E-state index contributed by atoms with van der Waals surface area (Å²) >= 11 is 1.55. The molecule has 1 saturated heterocycles. The number of hydrogen-bond acceptors (Lipinski definition) is 5. The normalized spacial score (nSPS) is 16.8. The third-order valence-electron chi connectivity index (χ3n) is 5.63. The molecular formula is C23H28N2O3S2. The van der Waals surface area contributed by atoms with E-state index in [1.165, 1.54) is 0 Å². The van der Waals surface area contributed by atoms with Crippen LogP contribution in [0.2, 0.25) is 0 Å². The van der Waals surface area contributed by atoms with Crippen LogP contribution in [0.4, 0.5) is 0 Å². The van der Waals surface area contributed by atoms with Crippen LogP contribution in [-0.4, -0.2) is 36.9 Å². The number of para-hydroxylation sites is 1. The highest BCUT2D eigenvalue weighted by Crippen LogP contribution is 2.32. The van der Waals surface area contributed by atoms with E-state index in [1.807, 2.05) is 37.3 Å². The van der Waals surface area contributed by atoms with Crippen LogP contribution >= 0.6 is 11.3 Å². The minimum Gasteiger partial charge on any atom is -0.467 e. The summed E-state index contributed by atoms with van der Waals surface area (Å²) in [5, 5.41) is 0.665. The monoisotopic (exact) mass is 444 g/mol. The SMILES string of the molecule is Cc1cccc2sc(OC3CCN(S(=O)(=O)c4ccc(C(C)(C)C)cc4)CC3)nc12. The highest BCUT2D eigenvalue weighted by molar-refractivity contribution is 7.89.